The zero-order valence-electron chi connectivity index (χ0n) is 17.8. The van der Waals surface area contributed by atoms with Crippen LogP contribution in [0.1, 0.15) is 22.6 Å². The summed E-state index contributed by atoms with van der Waals surface area (Å²) in [6.07, 6.45) is 0. The first-order valence-electron chi connectivity index (χ1n) is 11.2. The first-order chi connectivity index (χ1) is 16.3. The molecule has 0 spiro atoms. The number of benzene rings is 5. The van der Waals surface area contributed by atoms with Crippen LogP contribution in [0, 0.1) is 0 Å². The number of fused-ring (bicyclic) bond motifs is 6. The Morgan fingerprint density at radius 1 is 0.545 bits per heavy atom. The molecule has 6 aromatic rings. The molecule has 1 aliphatic rings. The molecule has 0 saturated carbocycles. The molecule has 156 valence electrons. The highest BCUT2D eigenvalue weighted by Crippen LogP contribution is 2.49. The lowest BCUT2D eigenvalue weighted by atomic mass is 9.88. The second-order valence-corrected chi connectivity index (χ2v) is 10.7. The number of halogens is 1. The fourth-order valence-corrected chi connectivity index (χ4v) is 6.96. The van der Waals surface area contributed by atoms with Gasteiger partial charge in [-0.3, -0.25) is 0 Å². The molecule has 7 rings (SSSR count). The maximum absolute atomic E-state index is 3.61. The van der Waals surface area contributed by atoms with Gasteiger partial charge >= 0.3 is 0 Å². The molecule has 0 bridgehead atoms. The van der Waals surface area contributed by atoms with E-state index in [2.05, 4.69) is 125 Å². The van der Waals surface area contributed by atoms with Gasteiger partial charge in [0.1, 0.15) is 0 Å². The Balaban J connectivity index is 1.41. The van der Waals surface area contributed by atoms with Crippen LogP contribution >= 0.6 is 27.3 Å². The molecule has 0 aliphatic heterocycles. The number of hydrogen-bond acceptors (Lipinski definition) is 1. The average Bonchev–Trinajstić information content (AvgIpc) is 3.38. The summed E-state index contributed by atoms with van der Waals surface area (Å²) in [6, 6.07) is 40.3. The van der Waals surface area contributed by atoms with Crippen molar-refractivity contribution in [2.24, 2.45) is 0 Å². The van der Waals surface area contributed by atoms with E-state index in [0.717, 1.165) is 4.47 Å². The molecule has 0 amide bonds. The third kappa shape index (κ3) is 3.02. The van der Waals surface area contributed by atoms with Crippen LogP contribution in [0.25, 0.3) is 42.4 Å². The lowest BCUT2D eigenvalue weighted by Crippen LogP contribution is -1.99. The molecule has 1 atom stereocenters. The monoisotopic (exact) mass is 502 g/mol. The van der Waals surface area contributed by atoms with Crippen LogP contribution in [0.4, 0.5) is 0 Å². The van der Waals surface area contributed by atoms with E-state index in [-0.39, 0.29) is 5.92 Å². The van der Waals surface area contributed by atoms with Gasteiger partial charge in [0.2, 0.25) is 0 Å². The molecule has 33 heavy (non-hydrogen) atoms. The topological polar surface area (TPSA) is 0 Å². The van der Waals surface area contributed by atoms with Crippen molar-refractivity contribution in [3.05, 3.63) is 130 Å². The smallest absolute Gasteiger partial charge is 0.0366 e. The fourth-order valence-electron chi connectivity index (χ4n) is 5.32. The summed E-state index contributed by atoms with van der Waals surface area (Å²) in [6.45, 7) is 0. The van der Waals surface area contributed by atoms with Gasteiger partial charge in [-0.2, -0.15) is 0 Å². The minimum atomic E-state index is 0.278. The van der Waals surface area contributed by atoms with Crippen molar-refractivity contribution < 1.29 is 0 Å². The third-order valence-electron chi connectivity index (χ3n) is 6.82. The fraction of sp³-hybridized carbons (Fsp3) is 0.0323. The SMILES string of the molecule is Brc1ccc2c(c1)sc1ccc(-c3ccc4c(c3)C(c3ccccc3)c3ccccc3-4)cc12. The Morgan fingerprint density at radius 3 is 2.21 bits per heavy atom. The minimum absolute atomic E-state index is 0.278. The highest BCUT2D eigenvalue weighted by molar-refractivity contribution is 9.10. The second-order valence-electron chi connectivity index (χ2n) is 8.69. The quantitative estimate of drug-likeness (QED) is 0.220. The Hall–Kier alpha value is -3.20. The molecule has 0 radical (unpaired) electrons. The van der Waals surface area contributed by atoms with Gasteiger partial charge in [0.25, 0.3) is 0 Å². The normalized spacial score (nSPS) is 14.5. The van der Waals surface area contributed by atoms with Gasteiger partial charge in [-0.25, -0.2) is 0 Å². The molecular weight excluding hydrogens is 484 g/mol. The van der Waals surface area contributed by atoms with Crippen molar-refractivity contribution in [1.29, 1.82) is 0 Å². The van der Waals surface area contributed by atoms with E-state index in [0.29, 0.717) is 0 Å². The molecule has 1 aromatic heterocycles. The standard InChI is InChI=1S/C31H19BrS/c32-22-12-14-25-27-16-21(11-15-29(27)33-30(25)18-22)20-10-13-24-23-8-4-5-9-26(23)31(28(24)17-20)19-6-2-1-3-7-19/h1-18,31H. The van der Waals surface area contributed by atoms with Crippen LogP contribution in [0.15, 0.2) is 114 Å². The van der Waals surface area contributed by atoms with Crippen LogP contribution in [0.5, 0.6) is 0 Å². The molecule has 0 fully saturated rings. The molecule has 5 aromatic carbocycles. The highest BCUT2D eigenvalue weighted by Gasteiger charge is 2.29. The van der Waals surface area contributed by atoms with Crippen LogP contribution in [-0.2, 0) is 0 Å². The maximum Gasteiger partial charge on any atom is 0.0366 e. The van der Waals surface area contributed by atoms with E-state index < -0.39 is 0 Å². The summed E-state index contributed by atoms with van der Waals surface area (Å²) in [5.74, 6) is 0.278. The van der Waals surface area contributed by atoms with Crippen molar-refractivity contribution in [1.82, 2.24) is 0 Å². The van der Waals surface area contributed by atoms with E-state index >= 15 is 0 Å². The zero-order valence-corrected chi connectivity index (χ0v) is 20.2. The van der Waals surface area contributed by atoms with Gasteiger partial charge in [-0.15, -0.1) is 11.3 Å². The van der Waals surface area contributed by atoms with Crippen LogP contribution < -0.4 is 0 Å². The lowest BCUT2D eigenvalue weighted by molar-refractivity contribution is 1.02. The first-order valence-corrected chi connectivity index (χ1v) is 12.8. The number of thiophene rings is 1. The Morgan fingerprint density at radius 2 is 1.30 bits per heavy atom. The van der Waals surface area contributed by atoms with Crippen LogP contribution in [0.3, 0.4) is 0 Å². The zero-order chi connectivity index (χ0) is 21.9. The van der Waals surface area contributed by atoms with Gasteiger partial charge < -0.3 is 0 Å². The summed E-state index contributed by atoms with van der Waals surface area (Å²) in [4.78, 5) is 0. The first kappa shape index (κ1) is 19.3. The minimum Gasteiger partial charge on any atom is -0.135 e. The van der Waals surface area contributed by atoms with Crippen molar-refractivity contribution in [2.45, 2.75) is 5.92 Å². The van der Waals surface area contributed by atoms with Crippen molar-refractivity contribution in [3.8, 4) is 22.3 Å². The van der Waals surface area contributed by atoms with Gasteiger partial charge in [-0.1, -0.05) is 94.8 Å². The van der Waals surface area contributed by atoms with Crippen LogP contribution in [-0.4, -0.2) is 0 Å². The number of hydrogen-bond donors (Lipinski definition) is 0. The summed E-state index contributed by atoms with van der Waals surface area (Å²) in [5, 5.41) is 2.67. The molecule has 1 heterocycles. The summed E-state index contributed by atoms with van der Waals surface area (Å²) in [5.41, 5.74) is 9.43. The molecule has 0 nitrogen and oxygen atoms in total. The molecule has 1 unspecified atom stereocenters. The summed E-state index contributed by atoms with van der Waals surface area (Å²) >= 11 is 5.47. The average molecular weight is 503 g/mol. The maximum atomic E-state index is 3.61. The van der Waals surface area contributed by atoms with E-state index in [9.17, 15) is 0 Å². The third-order valence-corrected chi connectivity index (χ3v) is 8.45. The summed E-state index contributed by atoms with van der Waals surface area (Å²) in [7, 11) is 0. The predicted octanol–water partition coefficient (Wildman–Crippen LogP) is 9.64. The van der Waals surface area contributed by atoms with Crippen LogP contribution in [0.2, 0.25) is 0 Å². The molecule has 0 N–H and O–H groups in total. The molecule has 0 saturated heterocycles. The van der Waals surface area contributed by atoms with E-state index in [1.54, 1.807) is 0 Å². The summed E-state index contributed by atoms with van der Waals surface area (Å²) < 4.78 is 3.79. The Kier molecular flexibility index (Phi) is 4.33. The van der Waals surface area contributed by atoms with E-state index in [4.69, 9.17) is 0 Å². The molecule has 1 aliphatic carbocycles. The van der Waals surface area contributed by atoms with Gasteiger partial charge in [-0.05, 0) is 69.3 Å². The van der Waals surface area contributed by atoms with Crippen molar-refractivity contribution in [3.63, 3.8) is 0 Å². The Labute approximate surface area is 205 Å². The second kappa shape index (κ2) is 7.41. The van der Waals surface area contributed by atoms with Gasteiger partial charge in [0, 0.05) is 30.6 Å². The Bertz CT molecular complexity index is 1680. The lowest BCUT2D eigenvalue weighted by Gasteiger charge is -2.15. The molecular formula is C31H19BrS. The molecule has 2 heteroatoms. The van der Waals surface area contributed by atoms with E-state index in [1.165, 1.54) is 59.1 Å². The van der Waals surface area contributed by atoms with E-state index in [1.807, 2.05) is 11.3 Å². The van der Waals surface area contributed by atoms with Gasteiger partial charge in [0.05, 0.1) is 0 Å². The van der Waals surface area contributed by atoms with Gasteiger partial charge in [0.15, 0.2) is 0 Å². The highest BCUT2D eigenvalue weighted by atomic mass is 79.9. The largest absolute Gasteiger partial charge is 0.135 e. The predicted molar refractivity (Wildman–Crippen MR) is 145 cm³/mol. The number of rotatable bonds is 2. The van der Waals surface area contributed by atoms with Crippen molar-refractivity contribution >= 4 is 47.4 Å². The van der Waals surface area contributed by atoms with Crippen molar-refractivity contribution in [2.75, 3.05) is 0 Å².